The fourth-order valence-corrected chi connectivity index (χ4v) is 3.21. The Balaban J connectivity index is 1.37. The molecule has 0 aliphatic carbocycles. The zero-order valence-corrected chi connectivity index (χ0v) is 15.9. The predicted octanol–water partition coefficient (Wildman–Crippen LogP) is 2.96. The zero-order chi connectivity index (χ0) is 21.1. The van der Waals surface area contributed by atoms with E-state index >= 15 is 0 Å². The maximum absolute atomic E-state index is 12.4. The van der Waals surface area contributed by atoms with Crippen molar-refractivity contribution in [2.24, 2.45) is 0 Å². The Labute approximate surface area is 172 Å². The summed E-state index contributed by atoms with van der Waals surface area (Å²) in [5, 5.41) is 27.9. The Bertz CT molecular complexity index is 1170. The maximum atomic E-state index is 12.4. The van der Waals surface area contributed by atoms with Crippen molar-refractivity contribution >= 4 is 33.5 Å². The Morgan fingerprint density at radius 3 is 2.03 bits per heavy atom. The molecule has 4 aromatic rings. The molecule has 2 amide bonds. The van der Waals surface area contributed by atoms with Crippen molar-refractivity contribution in [3.05, 3.63) is 78.0 Å². The largest absolute Gasteiger partial charge is 0.507 e. The molecular weight excluding hydrogens is 382 g/mol. The first kappa shape index (κ1) is 19.2. The van der Waals surface area contributed by atoms with Crippen LogP contribution in [-0.2, 0) is 0 Å². The number of aromatic nitrogens is 1. The van der Waals surface area contributed by atoms with E-state index in [2.05, 4.69) is 15.6 Å². The number of nitrogens with one attached hydrogen (secondary N) is 2. The highest BCUT2D eigenvalue weighted by Crippen LogP contribution is 2.25. The van der Waals surface area contributed by atoms with Gasteiger partial charge < -0.3 is 20.8 Å². The Morgan fingerprint density at radius 2 is 1.30 bits per heavy atom. The van der Waals surface area contributed by atoms with Gasteiger partial charge in [0, 0.05) is 18.5 Å². The number of fused-ring (bicyclic) bond motifs is 2. The van der Waals surface area contributed by atoms with E-state index in [9.17, 15) is 19.8 Å². The van der Waals surface area contributed by atoms with Crippen molar-refractivity contribution < 1.29 is 19.8 Å². The number of para-hydroxylation sites is 1. The summed E-state index contributed by atoms with van der Waals surface area (Å²) in [5.41, 5.74) is 0.682. The summed E-state index contributed by atoms with van der Waals surface area (Å²) in [5.74, 6) is -1.31. The lowest BCUT2D eigenvalue weighted by Gasteiger charge is -2.10. The molecule has 0 atom stereocenters. The molecular formula is C23H19N3O4. The van der Waals surface area contributed by atoms with Gasteiger partial charge in [0.05, 0.1) is 11.1 Å². The smallest absolute Gasteiger partial charge is 0.273 e. The minimum absolute atomic E-state index is 0.0767. The first-order valence-corrected chi connectivity index (χ1v) is 9.40. The van der Waals surface area contributed by atoms with Crippen LogP contribution in [0.15, 0.2) is 66.7 Å². The van der Waals surface area contributed by atoms with Crippen LogP contribution in [0.25, 0.3) is 21.7 Å². The first-order valence-electron chi connectivity index (χ1n) is 9.40. The van der Waals surface area contributed by atoms with E-state index < -0.39 is 11.8 Å². The number of benzene rings is 3. The highest BCUT2D eigenvalue weighted by atomic mass is 16.3. The molecule has 7 heteroatoms. The molecule has 150 valence electrons. The summed E-state index contributed by atoms with van der Waals surface area (Å²) in [7, 11) is 0. The summed E-state index contributed by atoms with van der Waals surface area (Å²) in [4.78, 5) is 28.9. The van der Waals surface area contributed by atoms with Crippen LogP contribution in [0.4, 0.5) is 0 Å². The van der Waals surface area contributed by atoms with Gasteiger partial charge in [0.1, 0.15) is 11.5 Å². The highest BCUT2D eigenvalue weighted by molar-refractivity contribution is 6.01. The quantitative estimate of drug-likeness (QED) is 0.384. The van der Waals surface area contributed by atoms with Crippen LogP contribution in [0.3, 0.4) is 0 Å². The van der Waals surface area contributed by atoms with Gasteiger partial charge in [0.2, 0.25) is 0 Å². The van der Waals surface area contributed by atoms with Crippen molar-refractivity contribution in [3.8, 4) is 11.5 Å². The average molecular weight is 401 g/mol. The number of carbonyl (C=O) groups is 2. The van der Waals surface area contributed by atoms with E-state index in [0.29, 0.717) is 5.52 Å². The summed E-state index contributed by atoms with van der Waals surface area (Å²) >= 11 is 0. The predicted molar refractivity (Wildman–Crippen MR) is 114 cm³/mol. The van der Waals surface area contributed by atoms with Gasteiger partial charge >= 0.3 is 0 Å². The van der Waals surface area contributed by atoms with Gasteiger partial charge in [-0.05, 0) is 35.0 Å². The van der Waals surface area contributed by atoms with Crippen molar-refractivity contribution in [2.75, 3.05) is 13.1 Å². The van der Waals surface area contributed by atoms with E-state index in [1.807, 2.05) is 30.3 Å². The molecule has 0 aliphatic rings. The fraction of sp³-hybridized carbons (Fsp3) is 0.0870. The number of nitrogens with zero attached hydrogens (tertiary/aromatic N) is 1. The van der Waals surface area contributed by atoms with Crippen molar-refractivity contribution in [2.45, 2.75) is 0 Å². The van der Waals surface area contributed by atoms with Crippen LogP contribution in [0.5, 0.6) is 11.5 Å². The van der Waals surface area contributed by atoms with Crippen molar-refractivity contribution in [1.29, 1.82) is 0 Å². The summed E-state index contributed by atoms with van der Waals surface area (Å²) in [6.07, 6.45) is 0. The van der Waals surface area contributed by atoms with Gasteiger partial charge in [0.15, 0.2) is 5.69 Å². The first-order chi connectivity index (χ1) is 14.5. The number of phenolic OH excluding ortho intramolecular Hbond substituents is 1. The molecule has 0 bridgehead atoms. The van der Waals surface area contributed by atoms with Crippen molar-refractivity contribution in [3.63, 3.8) is 0 Å². The number of hydrogen-bond donors (Lipinski definition) is 4. The van der Waals surface area contributed by atoms with Gasteiger partial charge in [-0.3, -0.25) is 9.59 Å². The van der Waals surface area contributed by atoms with Crippen LogP contribution in [-0.4, -0.2) is 40.1 Å². The molecule has 30 heavy (non-hydrogen) atoms. The lowest BCUT2D eigenvalue weighted by Crippen LogP contribution is -2.35. The lowest BCUT2D eigenvalue weighted by molar-refractivity contribution is 0.0922. The van der Waals surface area contributed by atoms with Gasteiger partial charge in [-0.1, -0.05) is 42.5 Å². The second kappa shape index (κ2) is 8.08. The Morgan fingerprint density at radius 1 is 0.733 bits per heavy atom. The summed E-state index contributed by atoms with van der Waals surface area (Å²) in [6.45, 7) is 0.276. The van der Waals surface area contributed by atoms with E-state index in [0.717, 1.165) is 16.2 Å². The molecule has 1 aromatic heterocycles. The SMILES string of the molecule is O=C(NCCNC(=O)c1nc2ccccc2cc1O)c1cc2ccccc2cc1O. The van der Waals surface area contributed by atoms with Crippen LogP contribution in [0, 0.1) is 0 Å². The number of phenols is 1. The second-order valence-corrected chi connectivity index (χ2v) is 6.78. The molecule has 0 saturated heterocycles. The molecule has 3 aromatic carbocycles. The molecule has 7 nitrogen and oxygen atoms in total. The molecule has 4 N–H and O–H groups in total. The van der Waals surface area contributed by atoms with Gasteiger partial charge in [-0.2, -0.15) is 0 Å². The minimum Gasteiger partial charge on any atom is -0.507 e. The van der Waals surface area contributed by atoms with E-state index in [1.54, 1.807) is 30.3 Å². The molecule has 1 heterocycles. The van der Waals surface area contributed by atoms with Crippen LogP contribution in [0.1, 0.15) is 20.8 Å². The lowest BCUT2D eigenvalue weighted by atomic mass is 10.1. The molecule has 0 fully saturated rings. The number of pyridine rings is 1. The van der Waals surface area contributed by atoms with Crippen LogP contribution >= 0.6 is 0 Å². The summed E-state index contributed by atoms with van der Waals surface area (Å²) < 4.78 is 0. The molecule has 0 aliphatic heterocycles. The Kier molecular flexibility index (Phi) is 5.17. The standard InChI is InChI=1S/C23H19N3O4/c27-19-12-15-6-2-1-5-14(15)11-17(19)22(29)24-9-10-25-23(30)21-20(28)13-16-7-3-4-8-18(16)26-21/h1-8,11-13,27-28H,9-10H2,(H,24,29)(H,25,30). The van der Waals surface area contributed by atoms with Gasteiger partial charge in [0.25, 0.3) is 11.8 Å². The third-order valence-corrected chi connectivity index (χ3v) is 4.72. The zero-order valence-electron chi connectivity index (χ0n) is 15.9. The third kappa shape index (κ3) is 3.86. The molecule has 0 radical (unpaired) electrons. The average Bonchev–Trinajstić information content (AvgIpc) is 2.75. The maximum Gasteiger partial charge on any atom is 0.273 e. The van der Waals surface area contributed by atoms with Crippen LogP contribution in [0.2, 0.25) is 0 Å². The number of carbonyl (C=O) groups excluding carboxylic acids is 2. The monoisotopic (exact) mass is 401 g/mol. The molecule has 0 saturated carbocycles. The molecule has 0 spiro atoms. The van der Waals surface area contributed by atoms with E-state index in [1.165, 1.54) is 6.07 Å². The normalized spacial score (nSPS) is 10.8. The van der Waals surface area contributed by atoms with Crippen LogP contribution < -0.4 is 10.6 Å². The Hall–Kier alpha value is -4.13. The molecule has 4 rings (SSSR count). The molecule has 0 unspecified atom stereocenters. The number of rotatable bonds is 5. The third-order valence-electron chi connectivity index (χ3n) is 4.72. The second-order valence-electron chi connectivity index (χ2n) is 6.78. The number of aromatic hydroxyl groups is 2. The van der Waals surface area contributed by atoms with Gasteiger partial charge in [-0.25, -0.2) is 4.98 Å². The fourth-order valence-electron chi connectivity index (χ4n) is 3.21. The van der Waals surface area contributed by atoms with E-state index in [4.69, 9.17) is 0 Å². The topological polar surface area (TPSA) is 112 Å². The number of amides is 2. The van der Waals surface area contributed by atoms with Gasteiger partial charge in [-0.15, -0.1) is 0 Å². The number of hydrogen-bond acceptors (Lipinski definition) is 5. The minimum atomic E-state index is -0.541. The summed E-state index contributed by atoms with van der Waals surface area (Å²) in [6, 6.07) is 19.2. The van der Waals surface area contributed by atoms with Crippen molar-refractivity contribution in [1.82, 2.24) is 15.6 Å². The van der Waals surface area contributed by atoms with E-state index in [-0.39, 0.29) is 35.8 Å². The highest BCUT2D eigenvalue weighted by Gasteiger charge is 2.15.